The first-order chi connectivity index (χ1) is 13.5. The van der Waals surface area contributed by atoms with Crippen LogP contribution in [0.15, 0.2) is 60.2 Å². The molecule has 0 unspecified atom stereocenters. The largest absolute Gasteiger partial charge is 0.482 e. The molecule has 3 atom stereocenters. The molecule has 148 valence electrons. The predicted octanol–water partition coefficient (Wildman–Crippen LogP) is 3.20. The van der Waals surface area contributed by atoms with Crippen LogP contribution >= 0.6 is 22.6 Å². The van der Waals surface area contributed by atoms with Gasteiger partial charge in [0.1, 0.15) is 23.8 Å². The summed E-state index contributed by atoms with van der Waals surface area (Å²) in [6, 6.07) is 13.2. The van der Waals surface area contributed by atoms with Crippen molar-refractivity contribution in [1.29, 1.82) is 0 Å². The third-order valence-electron chi connectivity index (χ3n) is 4.58. The fraction of sp³-hybridized carbons (Fsp3) is 0.286. The first kappa shape index (κ1) is 20.8. The minimum absolute atomic E-state index is 0.303. The minimum Gasteiger partial charge on any atom is -0.482 e. The van der Waals surface area contributed by atoms with E-state index in [1.165, 1.54) is 19.2 Å². The number of benzene rings is 2. The highest BCUT2D eigenvalue weighted by molar-refractivity contribution is 14.1. The molecule has 0 heterocycles. The van der Waals surface area contributed by atoms with Crippen LogP contribution in [0.3, 0.4) is 0 Å². The minimum atomic E-state index is -0.870. The third kappa shape index (κ3) is 5.09. The highest BCUT2D eigenvalue weighted by atomic mass is 127. The van der Waals surface area contributed by atoms with Crippen molar-refractivity contribution >= 4 is 28.6 Å². The number of nitrogens with one attached hydrogen (secondary N) is 1. The average Bonchev–Trinajstić information content (AvgIpc) is 2.70. The number of hydrogen-bond donors (Lipinski definition) is 2. The fourth-order valence-electron chi connectivity index (χ4n) is 3.07. The van der Waals surface area contributed by atoms with Crippen molar-refractivity contribution in [3.8, 4) is 5.75 Å². The zero-order chi connectivity index (χ0) is 20.1. The Bertz CT molecular complexity index is 856. The van der Waals surface area contributed by atoms with Crippen LogP contribution in [0, 0.1) is 9.39 Å². The maximum absolute atomic E-state index is 13.1. The predicted molar refractivity (Wildman–Crippen MR) is 111 cm³/mol. The molecular weight excluding hydrogens is 476 g/mol. The summed E-state index contributed by atoms with van der Waals surface area (Å²) in [5, 5.41) is 14.1. The summed E-state index contributed by atoms with van der Waals surface area (Å²) in [5.41, 5.74) is 1.32. The fourth-order valence-corrected chi connectivity index (χ4v) is 3.58. The molecule has 2 N–H and O–H groups in total. The Morgan fingerprint density at radius 2 is 1.96 bits per heavy atom. The number of halogens is 2. The first-order valence-electron chi connectivity index (χ1n) is 8.84. The molecular formula is C21H21FINO4. The van der Waals surface area contributed by atoms with Gasteiger partial charge in [-0.05, 0) is 64.9 Å². The third-order valence-corrected chi connectivity index (χ3v) is 5.47. The molecule has 1 aliphatic carbocycles. The van der Waals surface area contributed by atoms with Crippen molar-refractivity contribution in [3.05, 3.63) is 75.1 Å². The molecule has 0 amide bonds. The van der Waals surface area contributed by atoms with Crippen molar-refractivity contribution in [1.82, 2.24) is 5.32 Å². The van der Waals surface area contributed by atoms with Crippen molar-refractivity contribution in [3.63, 3.8) is 0 Å². The number of aliphatic hydroxyl groups is 1. The van der Waals surface area contributed by atoms with E-state index in [0.29, 0.717) is 24.3 Å². The van der Waals surface area contributed by atoms with E-state index in [2.05, 4.69) is 27.9 Å². The standard InChI is InChI=1S/C21H21FINO4/c1-27-21(26)14-10-17(24-12-13-6-8-15(22)9-7-13)20(25)19(11-14)28-18-5-3-2-4-16(18)23/h2-9,11,17,19-20,24-25H,10,12H2,1H3/t17-,19+,20+/m1/s1. The summed E-state index contributed by atoms with van der Waals surface area (Å²) in [6.45, 7) is 0.423. The van der Waals surface area contributed by atoms with E-state index in [1.54, 1.807) is 18.2 Å². The second-order valence-electron chi connectivity index (χ2n) is 6.50. The number of carbonyl (C=O) groups is 1. The summed E-state index contributed by atoms with van der Waals surface area (Å²) >= 11 is 2.16. The van der Waals surface area contributed by atoms with Gasteiger partial charge in [-0.1, -0.05) is 24.3 Å². The Kier molecular flexibility index (Phi) is 7.03. The van der Waals surface area contributed by atoms with Gasteiger partial charge in [-0.15, -0.1) is 0 Å². The number of aliphatic hydroxyl groups excluding tert-OH is 1. The maximum atomic E-state index is 13.1. The summed E-state index contributed by atoms with van der Waals surface area (Å²) in [6.07, 6.45) is 0.352. The number of hydrogen-bond acceptors (Lipinski definition) is 5. The highest BCUT2D eigenvalue weighted by Crippen LogP contribution is 2.27. The Balaban J connectivity index is 1.77. The van der Waals surface area contributed by atoms with Gasteiger partial charge in [-0.2, -0.15) is 0 Å². The smallest absolute Gasteiger partial charge is 0.333 e. The van der Waals surface area contributed by atoms with E-state index in [4.69, 9.17) is 9.47 Å². The maximum Gasteiger partial charge on any atom is 0.333 e. The zero-order valence-electron chi connectivity index (χ0n) is 15.3. The van der Waals surface area contributed by atoms with Gasteiger partial charge in [0.15, 0.2) is 0 Å². The normalized spacial score (nSPS) is 21.7. The lowest BCUT2D eigenvalue weighted by Gasteiger charge is -2.34. The molecule has 5 nitrogen and oxygen atoms in total. The molecule has 0 bridgehead atoms. The molecule has 0 saturated heterocycles. The summed E-state index contributed by atoms with van der Waals surface area (Å²) < 4.78 is 24.8. The zero-order valence-corrected chi connectivity index (χ0v) is 17.4. The summed E-state index contributed by atoms with van der Waals surface area (Å²) in [7, 11) is 1.32. The number of ether oxygens (including phenoxy) is 2. The van der Waals surface area contributed by atoms with Gasteiger partial charge in [0, 0.05) is 18.2 Å². The van der Waals surface area contributed by atoms with Crippen LogP contribution in [0.5, 0.6) is 5.75 Å². The van der Waals surface area contributed by atoms with Crippen LogP contribution in [-0.2, 0) is 16.1 Å². The molecule has 1 aliphatic rings. The summed E-state index contributed by atoms with van der Waals surface area (Å²) in [5.74, 6) is -0.119. The number of para-hydroxylation sites is 1. The molecule has 0 aromatic heterocycles. The molecule has 7 heteroatoms. The van der Waals surface area contributed by atoms with E-state index >= 15 is 0 Å². The molecule has 0 radical (unpaired) electrons. The van der Waals surface area contributed by atoms with Crippen molar-refractivity contribution in [2.24, 2.45) is 0 Å². The van der Waals surface area contributed by atoms with Gasteiger partial charge in [0.05, 0.1) is 10.7 Å². The van der Waals surface area contributed by atoms with Gasteiger partial charge in [-0.25, -0.2) is 9.18 Å². The van der Waals surface area contributed by atoms with E-state index in [1.807, 2.05) is 24.3 Å². The lowest BCUT2D eigenvalue weighted by atomic mass is 9.89. The second-order valence-corrected chi connectivity index (χ2v) is 7.67. The Morgan fingerprint density at radius 3 is 2.64 bits per heavy atom. The van der Waals surface area contributed by atoms with Gasteiger partial charge in [0.2, 0.25) is 0 Å². The van der Waals surface area contributed by atoms with Crippen molar-refractivity contribution < 1.29 is 23.8 Å². The van der Waals surface area contributed by atoms with Gasteiger partial charge in [0.25, 0.3) is 0 Å². The molecule has 0 spiro atoms. The highest BCUT2D eigenvalue weighted by Gasteiger charge is 2.35. The van der Waals surface area contributed by atoms with E-state index in [9.17, 15) is 14.3 Å². The van der Waals surface area contributed by atoms with Crippen LogP contribution < -0.4 is 10.1 Å². The Morgan fingerprint density at radius 1 is 1.25 bits per heavy atom. The lowest BCUT2D eigenvalue weighted by Crippen LogP contribution is -2.50. The van der Waals surface area contributed by atoms with Crippen molar-refractivity contribution in [2.45, 2.75) is 31.2 Å². The molecule has 0 saturated carbocycles. The Labute approximate surface area is 176 Å². The van der Waals surface area contributed by atoms with Crippen LogP contribution in [0.2, 0.25) is 0 Å². The summed E-state index contributed by atoms with van der Waals surface area (Å²) in [4.78, 5) is 12.1. The van der Waals surface area contributed by atoms with Crippen LogP contribution in [-0.4, -0.2) is 36.4 Å². The van der Waals surface area contributed by atoms with Crippen molar-refractivity contribution in [2.75, 3.05) is 7.11 Å². The quantitative estimate of drug-likeness (QED) is 0.474. The molecule has 0 aliphatic heterocycles. The SMILES string of the molecule is COC(=O)C1=C[C@H](Oc2ccccc2I)[C@@H](O)[C@H](NCc2ccc(F)cc2)C1. The first-order valence-corrected chi connectivity index (χ1v) is 9.92. The average molecular weight is 497 g/mol. The van der Waals surface area contributed by atoms with Gasteiger partial charge < -0.3 is 19.9 Å². The van der Waals surface area contributed by atoms with Gasteiger partial charge >= 0.3 is 5.97 Å². The van der Waals surface area contributed by atoms with E-state index in [0.717, 1.165) is 9.13 Å². The Hall–Kier alpha value is -1.97. The molecule has 0 fully saturated rings. The topological polar surface area (TPSA) is 67.8 Å². The van der Waals surface area contributed by atoms with Crippen LogP contribution in [0.25, 0.3) is 0 Å². The second kappa shape index (κ2) is 9.49. The van der Waals surface area contributed by atoms with Crippen LogP contribution in [0.4, 0.5) is 4.39 Å². The number of methoxy groups -OCH3 is 1. The van der Waals surface area contributed by atoms with E-state index < -0.39 is 24.2 Å². The number of rotatable bonds is 6. The lowest BCUT2D eigenvalue weighted by molar-refractivity contribution is -0.136. The molecule has 2 aromatic rings. The van der Waals surface area contributed by atoms with E-state index in [-0.39, 0.29) is 5.82 Å². The molecule has 28 heavy (non-hydrogen) atoms. The molecule has 3 rings (SSSR count). The van der Waals surface area contributed by atoms with Crippen LogP contribution in [0.1, 0.15) is 12.0 Å². The molecule has 2 aromatic carbocycles. The monoisotopic (exact) mass is 497 g/mol. The van der Waals surface area contributed by atoms with Gasteiger partial charge in [-0.3, -0.25) is 0 Å². The number of carbonyl (C=O) groups excluding carboxylic acids is 1. The number of esters is 1.